The third kappa shape index (κ3) is 4.76. The average molecular weight is 245 g/mol. The van der Waals surface area contributed by atoms with E-state index >= 15 is 0 Å². The van der Waals surface area contributed by atoms with E-state index in [1.807, 2.05) is 4.90 Å². The van der Waals surface area contributed by atoms with E-state index in [-0.39, 0.29) is 12.5 Å². The van der Waals surface area contributed by atoms with E-state index in [0.717, 1.165) is 25.9 Å². The van der Waals surface area contributed by atoms with E-state index in [9.17, 15) is 4.79 Å². The number of hydrogen-bond donors (Lipinski definition) is 2. The molecule has 1 fully saturated rings. The zero-order valence-electron chi connectivity index (χ0n) is 9.62. The molecule has 1 aliphatic rings. The van der Waals surface area contributed by atoms with Gasteiger partial charge in [0.1, 0.15) is 0 Å². The van der Waals surface area contributed by atoms with E-state index in [2.05, 4.69) is 10.6 Å². The quantitative estimate of drug-likeness (QED) is 0.515. The van der Waals surface area contributed by atoms with Crippen LogP contribution in [0.2, 0.25) is 0 Å². The fraction of sp³-hybridized carbons (Fsp3) is 0.800. The number of hydrogen-bond acceptors (Lipinski definition) is 3. The fourth-order valence-electron chi connectivity index (χ4n) is 1.56. The number of rotatable bonds is 5. The molecule has 0 aromatic rings. The van der Waals surface area contributed by atoms with Gasteiger partial charge in [0.05, 0.1) is 13.2 Å². The van der Waals surface area contributed by atoms with E-state index in [1.54, 1.807) is 7.11 Å². The molecule has 6 heteroatoms. The highest BCUT2D eigenvalue weighted by atomic mass is 32.1. The third-order valence-electron chi connectivity index (χ3n) is 2.45. The number of nitrogens with one attached hydrogen (secondary N) is 2. The highest BCUT2D eigenvalue weighted by Gasteiger charge is 2.17. The van der Waals surface area contributed by atoms with Gasteiger partial charge in [-0.1, -0.05) is 0 Å². The number of carbonyl (C=O) groups is 1. The summed E-state index contributed by atoms with van der Waals surface area (Å²) >= 11 is 5.01. The van der Waals surface area contributed by atoms with Gasteiger partial charge in [0.15, 0.2) is 5.11 Å². The molecule has 1 rings (SSSR count). The first-order valence-electron chi connectivity index (χ1n) is 5.52. The van der Waals surface area contributed by atoms with Crippen molar-refractivity contribution in [1.82, 2.24) is 15.5 Å². The molecule has 0 radical (unpaired) electrons. The zero-order chi connectivity index (χ0) is 11.8. The van der Waals surface area contributed by atoms with Crippen molar-refractivity contribution < 1.29 is 9.53 Å². The molecule has 0 unspecified atom stereocenters. The minimum Gasteiger partial charge on any atom is -0.383 e. The topological polar surface area (TPSA) is 53.6 Å². The van der Waals surface area contributed by atoms with Gasteiger partial charge >= 0.3 is 0 Å². The van der Waals surface area contributed by atoms with Crippen LogP contribution in [0.5, 0.6) is 0 Å². The maximum atomic E-state index is 11.6. The number of amides is 1. The molecule has 0 saturated carbocycles. The molecule has 0 atom stereocenters. The minimum atomic E-state index is 0.119. The number of methoxy groups -OCH3 is 1. The van der Waals surface area contributed by atoms with Crippen LogP contribution < -0.4 is 10.6 Å². The number of nitrogens with zero attached hydrogens (tertiary/aromatic N) is 1. The Kier molecular flexibility index (Phi) is 6.10. The molecular formula is C10H19N3O2S. The molecule has 1 heterocycles. The number of ether oxygens (including phenoxy) is 1. The van der Waals surface area contributed by atoms with Crippen molar-refractivity contribution in [3.8, 4) is 0 Å². The Labute approximate surface area is 102 Å². The van der Waals surface area contributed by atoms with Crippen LogP contribution in [-0.2, 0) is 9.53 Å². The monoisotopic (exact) mass is 245 g/mol. The van der Waals surface area contributed by atoms with Crippen LogP contribution in [0.1, 0.15) is 12.8 Å². The van der Waals surface area contributed by atoms with Crippen LogP contribution in [0.25, 0.3) is 0 Å². The second-order valence-corrected chi connectivity index (χ2v) is 4.10. The van der Waals surface area contributed by atoms with Crippen LogP contribution >= 0.6 is 12.2 Å². The molecule has 5 nitrogen and oxygen atoms in total. The normalized spacial score (nSPS) is 14.9. The summed E-state index contributed by atoms with van der Waals surface area (Å²) in [6.07, 6.45) is 2.23. The predicted octanol–water partition coefficient (Wildman–Crippen LogP) is -0.281. The molecule has 1 aliphatic heterocycles. The van der Waals surface area contributed by atoms with Crippen molar-refractivity contribution in [2.24, 2.45) is 0 Å². The summed E-state index contributed by atoms with van der Waals surface area (Å²) in [4.78, 5) is 13.5. The summed E-state index contributed by atoms with van der Waals surface area (Å²) in [7, 11) is 1.63. The van der Waals surface area contributed by atoms with Crippen LogP contribution in [-0.4, -0.2) is 55.8 Å². The van der Waals surface area contributed by atoms with Crippen LogP contribution in [0.3, 0.4) is 0 Å². The lowest BCUT2D eigenvalue weighted by Crippen LogP contribution is -2.43. The number of likely N-dealkylation sites (tertiary alicyclic amines) is 1. The van der Waals surface area contributed by atoms with Crippen molar-refractivity contribution in [1.29, 1.82) is 0 Å². The molecular weight excluding hydrogens is 226 g/mol. The van der Waals surface area contributed by atoms with E-state index in [0.29, 0.717) is 18.3 Å². The summed E-state index contributed by atoms with van der Waals surface area (Å²) in [6.45, 7) is 3.29. The van der Waals surface area contributed by atoms with E-state index in [1.165, 1.54) is 0 Å². The summed E-state index contributed by atoms with van der Waals surface area (Å²) < 4.78 is 4.87. The van der Waals surface area contributed by atoms with Gasteiger partial charge < -0.3 is 20.3 Å². The zero-order valence-corrected chi connectivity index (χ0v) is 10.4. The maximum absolute atomic E-state index is 11.6. The lowest BCUT2D eigenvalue weighted by molar-refractivity contribution is -0.128. The van der Waals surface area contributed by atoms with Gasteiger partial charge in [-0.2, -0.15) is 0 Å². The first-order valence-corrected chi connectivity index (χ1v) is 5.93. The Balaban J connectivity index is 2.08. The molecule has 1 saturated heterocycles. The Morgan fingerprint density at radius 1 is 1.38 bits per heavy atom. The molecule has 1 amide bonds. The van der Waals surface area contributed by atoms with Gasteiger partial charge in [-0.3, -0.25) is 4.79 Å². The minimum absolute atomic E-state index is 0.119. The number of carbonyl (C=O) groups excluding carboxylic acids is 1. The third-order valence-corrected chi connectivity index (χ3v) is 2.74. The smallest absolute Gasteiger partial charge is 0.241 e. The van der Waals surface area contributed by atoms with Crippen molar-refractivity contribution in [2.75, 3.05) is 39.9 Å². The second-order valence-electron chi connectivity index (χ2n) is 3.69. The van der Waals surface area contributed by atoms with Gasteiger partial charge in [0.25, 0.3) is 0 Å². The van der Waals surface area contributed by atoms with E-state index < -0.39 is 0 Å². The Morgan fingerprint density at radius 3 is 2.69 bits per heavy atom. The molecule has 0 aromatic carbocycles. The van der Waals surface area contributed by atoms with Crippen LogP contribution in [0, 0.1) is 0 Å². The number of thiocarbonyl (C=S) groups is 1. The lowest BCUT2D eigenvalue weighted by Gasteiger charge is -2.16. The largest absolute Gasteiger partial charge is 0.383 e. The predicted molar refractivity (Wildman–Crippen MR) is 66.3 cm³/mol. The van der Waals surface area contributed by atoms with E-state index in [4.69, 9.17) is 17.0 Å². The molecule has 16 heavy (non-hydrogen) atoms. The SMILES string of the molecule is COCCNC(=S)NCC(=O)N1CCCC1. The maximum Gasteiger partial charge on any atom is 0.241 e. The van der Waals surface area contributed by atoms with Crippen molar-refractivity contribution in [2.45, 2.75) is 12.8 Å². The summed E-state index contributed by atoms with van der Waals surface area (Å²) in [5.41, 5.74) is 0. The first-order chi connectivity index (χ1) is 7.74. The summed E-state index contributed by atoms with van der Waals surface area (Å²) in [5, 5.41) is 6.35. The standard InChI is InChI=1S/C10H19N3O2S/c1-15-7-4-11-10(16)12-8-9(14)13-5-2-3-6-13/h2-8H2,1H3,(H2,11,12,16). The Morgan fingerprint density at radius 2 is 2.06 bits per heavy atom. The first kappa shape index (κ1) is 13.2. The molecule has 2 N–H and O–H groups in total. The molecule has 0 aliphatic carbocycles. The van der Waals surface area contributed by atoms with Crippen molar-refractivity contribution >= 4 is 23.2 Å². The highest BCUT2D eigenvalue weighted by molar-refractivity contribution is 7.80. The Hall–Kier alpha value is -0.880. The van der Waals surface area contributed by atoms with Gasteiger partial charge in [-0.25, -0.2) is 0 Å². The Bertz CT molecular complexity index is 242. The molecule has 0 spiro atoms. The summed E-state index contributed by atoms with van der Waals surface area (Å²) in [6, 6.07) is 0. The fourth-order valence-corrected chi connectivity index (χ4v) is 1.74. The van der Waals surface area contributed by atoms with Crippen LogP contribution in [0.4, 0.5) is 0 Å². The van der Waals surface area contributed by atoms with Gasteiger partial charge in [-0.05, 0) is 25.1 Å². The van der Waals surface area contributed by atoms with Crippen molar-refractivity contribution in [3.05, 3.63) is 0 Å². The van der Waals surface area contributed by atoms with Gasteiger partial charge in [-0.15, -0.1) is 0 Å². The second kappa shape index (κ2) is 7.40. The van der Waals surface area contributed by atoms with Crippen molar-refractivity contribution in [3.63, 3.8) is 0 Å². The van der Waals surface area contributed by atoms with Gasteiger partial charge in [0.2, 0.25) is 5.91 Å². The summed E-state index contributed by atoms with van der Waals surface area (Å²) in [5.74, 6) is 0.119. The average Bonchev–Trinajstić information content (AvgIpc) is 2.79. The molecule has 0 aromatic heterocycles. The van der Waals surface area contributed by atoms with Gasteiger partial charge in [0, 0.05) is 26.7 Å². The molecule has 0 bridgehead atoms. The van der Waals surface area contributed by atoms with Crippen LogP contribution in [0.15, 0.2) is 0 Å². The molecule has 92 valence electrons. The highest BCUT2D eigenvalue weighted by Crippen LogP contribution is 2.06. The lowest BCUT2D eigenvalue weighted by atomic mass is 10.4.